The van der Waals surface area contributed by atoms with Crippen LogP contribution in [0.2, 0.25) is 10.0 Å². The Balaban J connectivity index is 0.00000341. The van der Waals surface area contributed by atoms with Crippen molar-refractivity contribution < 1.29 is 13.2 Å². The highest BCUT2D eigenvalue weighted by Gasteiger charge is 2.29. The van der Waals surface area contributed by atoms with Crippen LogP contribution in [0.5, 0.6) is 0 Å². The molecule has 1 aliphatic heterocycles. The summed E-state index contributed by atoms with van der Waals surface area (Å²) < 4.78 is 23.7. The molecule has 0 spiro atoms. The molecule has 2 aromatic rings. The van der Waals surface area contributed by atoms with E-state index in [0.29, 0.717) is 22.3 Å². The molecular formula is C22H27Cl3N2O3S. The number of hydrogen-bond acceptors (Lipinski definition) is 4. The van der Waals surface area contributed by atoms with Crippen molar-refractivity contribution in [3.05, 3.63) is 57.6 Å². The molecule has 1 heterocycles. The normalized spacial score (nSPS) is 15.4. The van der Waals surface area contributed by atoms with Gasteiger partial charge in [-0.25, -0.2) is 8.42 Å². The summed E-state index contributed by atoms with van der Waals surface area (Å²) in [7, 11) is -3.30. The van der Waals surface area contributed by atoms with Gasteiger partial charge in [-0.15, -0.1) is 12.4 Å². The summed E-state index contributed by atoms with van der Waals surface area (Å²) in [6, 6.07) is 10.0. The van der Waals surface area contributed by atoms with E-state index < -0.39 is 9.84 Å². The number of hydrogen-bond donors (Lipinski definition) is 0. The van der Waals surface area contributed by atoms with E-state index in [4.69, 9.17) is 23.2 Å². The Morgan fingerprint density at radius 3 is 2.19 bits per heavy atom. The minimum atomic E-state index is -3.30. The van der Waals surface area contributed by atoms with E-state index in [2.05, 4.69) is 4.90 Å². The van der Waals surface area contributed by atoms with Crippen LogP contribution < -0.4 is 4.90 Å². The molecule has 0 N–H and O–H groups in total. The number of carbonyl (C=O) groups is 1. The van der Waals surface area contributed by atoms with Crippen molar-refractivity contribution in [1.82, 2.24) is 4.90 Å². The van der Waals surface area contributed by atoms with Crippen LogP contribution in [0.4, 0.5) is 5.69 Å². The first-order chi connectivity index (χ1) is 14.1. The van der Waals surface area contributed by atoms with Crippen molar-refractivity contribution in [1.29, 1.82) is 0 Å². The molecule has 0 radical (unpaired) electrons. The highest BCUT2D eigenvalue weighted by atomic mass is 35.5. The van der Waals surface area contributed by atoms with Crippen LogP contribution in [0.3, 0.4) is 0 Å². The Morgan fingerprint density at radius 2 is 1.68 bits per heavy atom. The van der Waals surface area contributed by atoms with Gasteiger partial charge < -0.3 is 9.80 Å². The number of likely N-dealkylation sites (tertiary alicyclic amines) is 1. The van der Waals surface area contributed by atoms with Gasteiger partial charge in [0.2, 0.25) is 5.91 Å². The van der Waals surface area contributed by atoms with Gasteiger partial charge in [-0.2, -0.15) is 0 Å². The van der Waals surface area contributed by atoms with E-state index in [9.17, 15) is 13.2 Å². The molecule has 1 unspecified atom stereocenters. The van der Waals surface area contributed by atoms with E-state index in [0.717, 1.165) is 37.1 Å². The summed E-state index contributed by atoms with van der Waals surface area (Å²) >= 11 is 12.5. The summed E-state index contributed by atoms with van der Waals surface area (Å²) in [5, 5.41) is 0.864. The maximum Gasteiger partial charge on any atom is 0.224 e. The largest absolute Gasteiger partial charge is 0.304 e. The van der Waals surface area contributed by atoms with E-state index in [-0.39, 0.29) is 29.3 Å². The predicted octanol–water partition coefficient (Wildman–Crippen LogP) is 5.32. The van der Waals surface area contributed by atoms with Crippen molar-refractivity contribution in [3.8, 4) is 0 Å². The van der Waals surface area contributed by atoms with E-state index >= 15 is 0 Å². The molecule has 170 valence electrons. The van der Waals surface area contributed by atoms with Crippen LogP contribution >= 0.6 is 35.6 Å². The second-order valence-corrected chi connectivity index (χ2v) is 10.6. The second kappa shape index (κ2) is 10.5. The zero-order valence-electron chi connectivity index (χ0n) is 17.8. The maximum absolute atomic E-state index is 12.8. The smallest absolute Gasteiger partial charge is 0.224 e. The summed E-state index contributed by atoms with van der Waals surface area (Å²) in [5.41, 5.74) is 2.31. The Bertz CT molecular complexity index is 1040. The van der Waals surface area contributed by atoms with Gasteiger partial charge in [0.15, 0.2) is 9.84 Å². The standard InChI is InChI=1S/C22H26Cl2N2O3S.ClH/c1-15-20(11-10-19(23)22(15)24)26(16(2)27)21(14-25-12-4-5-13-25)17-6-8-18(9-7-17)30(3,28)29;/h6-11,21H,4-5,12-14H2,1-3H3;1H. The first-order valence-corrected chi connectivity index (χ1v) is 12.5. The van der Waals surface area contributed by atoms with Gasteiger partial charge in [-0.1, -0.05) is 35.3 Å². The number of carbonyl (C=O) groups excluding carboxylic acids is 1. The Morgan fingerprint density at radius 1 is 1.10 bits per heavy atom. The van der Waals surface area contributed by atoms with Gasteiger partial charge in [0.1, 0.15) is 0 Å². The van der Waals surface area contributed by atoms with E-state index in [1.807, 2.05) is 13.0 Å². The van der Waals surface area contributed by atoms with Crippen molar-refractivity contribution in [3.63, 3.8) is 0 Å². The van der Waals surface area contributed by atoms with Crippen molar-refractivity contribution in [2.75, 3.05) is 30.8 Å². The number of benzene rings is 2. The number of nitrogens with zero attached hydrogens (tertiary/aromatic N) is 2. The lowest BCUT2D eigenvalue weighted by Gasteiger charge is -2.35. The molecule has 3 rings (SSSR count). The molecule has 1 fully saturated rings. The maximum atomic E-state index is 12.8. The van der Waals surface area contributed by atoms with Gasteiger partial charge in [-0.05, 0) is 68.2 Å². The van der Waals surface area contributed by atoms with Gasteiger partial charge in [0, 0.05) is 25.4 Å². The lowest BCUT2D eigenvalue weighted by atomic mass is 10.0. The molecule has 5 nitrogen and oxygen atoms in total. The third-order valence-electron chi connectivity index (χ3n) is 5.54. The zero-order valence-corrected chi connectivity index (χ0v) is 20.9. The molecule has 0 bridgehead atoms. The molecule has 0 aromatic heterocycles. The van der Waals surface area contributed by atoms with Crippen LogP contribution in [0.1, 0.15) is 36.9 Å². The van der Waals surface area contributed by atoms with Gasteiger partial charge in [-0.3, -0.25) is 4.79 Å². The van der Waals surface area contributed by atoms with Crippen LogP contribution in [0.15, 0.2) is 41.3 Å². The van der Waals surface area contributed by atoms with Crippen LogP contribution in [-0.2, 0) is 14.6 Å². The molecule has 1 amide bonds. The lowest BCUT2D eigenvalue weighted by Crippen LogP contribution is -2.40. The van der Waals surface area contributed by atoms with Gasteiger partial charge >= 0.3 is 0 Å². The molecule has 0 aliphatic carbocycles. The third kappa shape index (κ3) is 5.93. The minimum absolute atomic E-state index is 0. The van der Waals surface area contributed by atoms with Crippen molar-refractivity contribution in [2.45, 2.75) is 37.6 Å². The quantitative estimate of drug-likeness (QED) is 0.533. The lowest BCUT2D eigenvalue weighted by molar-refractivity contribution is -0.117. The topological polar surface area (TPSA) is 57.7 Å². The molecule has 1 atom stereocenters. The minimum Gasteiger partial charge on any atom is -0.304 e. The van der Waals surface area contributed by atoms with Crippen LogP contribution in [-0.4, -0.2) is 45.1 Å². The average molecular weight is 506 g/mol. The number of amides is 1. The Kier molecular flexibility index (Phi) is 8.82. The number of anilines is 1. The Labute approximate surface area is 200 Å². The van der Waals surface area contributed by atoms with E-state index in [1.54, 1.807) is 35.2 Å². The molecule has 2 aromatic carbocycles. The molecule has 1 saturated heterocycles. The fraction of sp³-hybridized carbons (Fsp3) is 0.409. The predicted molar refractivity (Wildman–Crippen MR) is 130 cm³/mol. The number of sulfone groups is 1. The SMILES string of the molecule is CC(=O)N(c1ccc(Cl)c(Cl)c1C)C(CN1CCCC1)c1ccc(S(C)(=O)=O)cc1.Cl. The van der Waals surface area contributed by atoms with E-state index in [1.165, 1.54) is 13.2 Å². The first-order valence-electron chi connectivity index (χ1n) is 9.86. The summed E-state index contributed by atoms with van der Waals surface area (Å²) in [5.74, 6) is -0.118. The summed E-state index contributed by atoms with van der Waals surface area (Å²) in [6.45, 7) is 5.98. The van der Waals surface area contributed by atoms with Gasteiger partial charge in [0.05, 0.1) is 21.0 Å². The molecule has 9 heteroatoms. The molecular weight excluding hydrogens is 479 g/mol. The highest BCUT2D eigenvalue weighted by molar-refractivity contribution is 7.90. The molecule has 31 heavy (non-hydrogen) atoms. The third-order valence-corrected chi connectivity index (χ3v) is 7.57. The molecule has 1 aliphatic rings. The van der Waals surface area contributed by atoms with Crippen LogP contribution in [0, 0.1) is 6.92 Å². The van der Waals surface area contributed by atoms with Crippen LogP contribution in [0.25, 0.3) is 0 Å². The first kappa shape index (κ1) is 25.9. The second-order valence-electron chi connectivity index (χ2n) is 7.76. The highest BCUT2D eigenvalue weighted by Crippen LogP contribution is 2.37. The summed E-state index contributed by atoms with van der Waals surface area (Å²) in [6.07, 6.45) is 3.45. The van der Waals surface area contributed by atoms with Gasteiger partial charge in [0.25, 0.3) is 0 Å². The molecule has 0 saturated carbocycles. The fourth-order valence-corrected chi connectivity index (χ4v) is 4.94. The average Bonchev–Trinajstić information content (AvgIpc) is 3.20. The Hall–Kier alpha value is -1.31. The monoisotopic (exact) mass is 504 g/mol. The van der Waals surface area contributed by atoms with Crippen molar-refractivity contribution >= 4 is 57.0 Å². The number of rotatable bonds is 6. The zero-order chi connectivity index (χ0) is 22.1. The van der Waals surface area contributed by atoms with Crippen molar-refractivity contribution in [2.24, 2.45) is 0 Å². The number of halogens is 3. The summed E-state index contributed by atoms with van der Waals surface area (Å²) in [4.78, 5) is 17.2. The fourth-order valence-electron chi connectivity index (χ4n) is 3.94.